The van der Waals surface area contributed by atoms with Crippen molar-refractivity contribution < 1.29 is 9.47 Å². The normalized spacial score (nSPS) is 12.6. The van der Waals surface area contributed by atoms with Gasteiger partial charge in [-0.2, -0.15) is 5.10 Å². The molecule has 0 fully saturated rings. The van der Waals surface area contributed by atoms with Gasteiger partial charge in [-0.25, -0.2) is 10.1 Å². The van der Waals surface area contributed by atoms with Crippen molar-refractivity contribution in [3.63, 3.8) is 0 Å². The van der Waals surface area contributed by atoms with Crippen LogP contribution in [0.25, 0.3) is 11.1 Å². The Labute approximate surface area is 169 Å². The average molecular weight is 391 g/mol. The first kappa shape index (κ1) is 19.2. The largest absolute Gasteiger partial charge is 0.493 e. The van der Waals surface area contributed by atoms with E-state index in [9.17, 15) is 4.79 Å². The zero-order chi connectivity index (χ0) is 20.5. The number of hydrogen-bond donors (Lipinski definition) is 1. The van der Waals surface area contributed by atoms with Gasteiger partial charge < -0.3 is 9.47 Å². The van der Waals surface area contributed by atoms with Gasteiger partial charge in [-0.3, -0.25) is 4.79 Å². The van der Waals surface area contributed by atoms with Gasteiger partial charge in [0.25, 0.3) is 5.56 Å². The maximum Gasteiger partial charge on any atom is 0.267 e. The summed E-state index contributed by atoms with van der Waals surface area (Å²) >= 11 is 0. The fourth-order valence-corrected chi connectivity index (χ4v) is 4.02. The summed E-state index contributed by atoms with van der Waals surface area (Å²) in [6.07, 6.45) is 4.37. The fraction of sp³-hybridized carbons (Fsp3) is 0.348. The predicted octanol–water partition coefficient (Wildman–Crippen LogP) is 4.44. The first-order valence-electron chi connectivity index (χ1n) is 9.98. The van der Waals surface area contributed by atoms with E-state index in [1.807, 2.05) is 32.9 Å². The lowest BCUT2D eigenvalue weighted by atomic mass is 9.89. The van der Waals surface area contributed by atoms with Crippen LogP contribution in [0.15, 0.2) is 29.2 Å². The molecule has 150 valence electrons. The van der Waals surface area contributed by atoms with Crippen LogP contribution in [-0.2, 0) is 12.8 Å². The molecule has 3 aromatic rings. The minimum atomic E-state index is -0.156. The van der Waals surface area contributed by atoms with Crippen LogP contribution in [0.2, 0.25) is 0 Å². The third-order valence-corrected chi connectivity index (χ3v) is 5.36. The van der Waals surface area contributed by atoms with Crippen molar-refractivity contribution >= 4 is 0 Å². The molecule has 0 spiro atoms. The highest BCUT2D eigenvalue weighted by Crippen LogP contribution is 2.38. The molecule has 0 amide bonds. The van der Waals surface area contributed by atoms with Gasteiger partial charge in [-0.05, 0) is 62.1 Å². The monoisotopic (exact) mass is 391 g/mol. The zero-order valence-electron chi connectivity index (χ0n) is 17.3. The summed E-state index contributed by atoms with van der Waals surface area (Å²) in [5.74, 6) is 2.19. The van der Waals surface area contributed by atoms with E-state index in [0.717, 1.165) is 64.3 Å². The summed E-state index contributed by atoms with van der Waals surface area (Å²) in [5.41, 5.74) is 6.53. The van der Waals surface area contributed by atoms with Crippen LogP contribution in [0.5, 0.6) is 17.4 Å². The van der Waals surface area contributed by atoms with E-state index in [2.05, 4.69) is 28.2 Å². The Kier molecular flexibility index (Phi) is 5.09. The zero-order valence-corrected chi connectivity index (χ0v) is 17.3. The van der Waals surface area contributed by atoms with E-state index in [-0.39, 0.29) is 5.56 Å². The van der Waals surface area contributed by atoms with Crippen LogP contribution < -0.4 is 15.0 Å². The van der Waals surface area contributed by atoms with E-state index < -0.39 is 0 Å². The molecule has 4 rings (SSSR count). The summed E-state index contributed by atoms with van der Waals surface area (Å²) in [5, 5.41) is 6.76. The number of aryl methyl sites for hydroxylation is 3. The summed E-state index contributed by atoms with van der Waals surface area (Å²) < 4.78 is 11.8. The minimum Gasteiger partial charge on any atom is -0.493 e. The highest BCUT2D eigenvalue weighted by atomic mass is 16.5. The van der Waals surface area contributed by atoms with E-state index in [4.69, 9.17) is 9.47 Å². The third-order valence-electron chi connectivity index (χ3n) is 5.36. The number of fused-ring (bicyclic) bond motifs is 1. The lowest BCUT2D eigenvalue weighted by Crippen LogP contribution is -2.15. The first-order chi connectivity index (χ1) is 14.0. The molecule has 0 atom stereocenters. The molecular weight excluding hydrogens is 366 g/mol. The number of hydrogen-bond acceptors (Lipinski definition) is 5. The van der Waals surface area contributed by atoms with E-state index in [0.29, 0.717) is 18.1 Å². The second-order valence-corrected chi connectivity index (χ2v) is 7.46. The Morgan fingerprint density at radius 3 is 2.83 bits per heavy atom. The summed E-state index contributed by atoms with van der Waals surface area (Å²) in [6, 6.07) is 5.94. The molecule has 0 saturated carbocycles. The Balaban J connectivity index is 1.82. The van der Waals surface area contributed by atoms with Crippen molar-refractivity contribution in [2.45, 2.75) is 47.0 Å². The molecule has 0 unspecified atom stereocenters. The lowest BCUT2D eigenvalue weighted by molar-refractivity contribution is 0.356. The van der Waals surface area contributed by atoms with Gasteiger partial charge in [0.05, 0.1) is 17.9 Å². The number of aromatic nitrogens is 3. The van der Waals surface area contributed by atoms with Gasteiger partial charge in [0.2, 0.25) is 5.88 Å². The number of pyridine rings is 1. The minimum absolute atomic E-state index is 0.156. The van der Waals surface area contributed by atoms with Crippen molar-refractivity contribution in [1.82, 2.24) is 15.2 Å². The number of rotatable bonds is 5. The van der Waals surface area contributed by atoms with Crippen LogP contribution in [0.3, 0.4) is 0 Å². The van der Waals surface area contributed by atoms with Gasteiger partial charge >= 0.3 is 0 Å². The van der Waals surface area contributed by atoms with Crippen LogP contribution >= 0.6 is 0 Å². The second-order valence-electron chi connectivity index (χ2n) is 7.46. The Morgan fingerprint density at radius 2 is 2.03 bits per heavy atom. The highest BCUT2D eigenvalue weighted by Gasteiger charge is 2.21. The predicted molar refractivity (Wildman–Crippen MR) is 112 cm³/mol. The molecule has 6 nitrogen and oxygen atoms in total. The number of aromatic amines is 1. The maximum atomic E-state index is 12.2. The molecular formula is C23H25N3O3. The number of H-pyrrole nitrogens is 1. The van der Waals surface area contributed by atoms with Gasteiger partial charge in [0.15, 0.2) is 0 Å². The third kappa shape index (κ3) is 3.50. The van der Waals surface area contributed by atoms with E-state index in [1.54, 1.807) is 6.20 Å². The van der Waals surface area contributed by atoms with Crippen molar-refractivity contribution in [3.8, 4) is 28.5 Å². The molecule has 0 saturated heterocycles. The second kappa shape index (κ2) is 7.70. The molecule has 6 heteroatoms. The number of benzene rings is 1. The standard InChI is InChI=1S/C23H25N3O3/c1-5-6-16-12-17(29-23-18-8-10-28-19(18)7-9-24-23)11-13(2)20(16)21-14(3)22(27)26-25-15(21)4/h7,9,11-12H,5-6,8,10H2,1-4H3,(H,26,27). The van der Waals surface area contributed by atoms with Crippen molar-refractivity contribution in [2.24, 2.45) is 0 Å². The SMILES string of the molecule is CCCc1cc(Oc2nccc3c2CCO3)cc(C)c1-c1c(C)n[nH]c(=O)c1C. The summed E-state index contributed by atoms with van der Waals surface area (Å²) in [7, 11) is 0. The van der Waals surface area contributed by atoms with E-state index in [1.165, 1.54) is 0 Å². The van der Waals surface area contributed by atoms with Crippen LogP contribution in [-0.4, -0.2) is 21.8 Å². The Bertz CT molecular complexity index is 1130. The highest BCUT2D eigenvalue weighted by molar-refractivity contribution is 5.76. The van der Waals surface area contributed by atoms with Crippen LogP contribution in [0.4, 0.5) is 0 Å². The smallest absolute Gasteiger partial charge is 0.267 e. The van der Waals surface area contributed by atoms with E-state index >= 15 is 0 Å². The lowest BCUT2D eigenvalue weighted by Gasteiger charge is -2.18. The maximum absolute atomic E-state index is 12.2. The molecule has 0 aliphatic carbocycles. The first-order valence-corrected chi connectivity index (χ1v) is 9.98. The van der Waals surface area contributed by atoms with Crippen LogP contribution in [0, 0.1) is 20.8 Å². The molecule has 1 aliphatic heterocycles. The molecule has 29 heavy (non-hydrogen) atoms. The van der Waals surface area contributed by atoms with Crippen molar-refractivity contribution in [3.05, 3.63) is 62.7 Å². The van der Waals surface area contributed by atoms with Gasteiger partial charge in [-0.15, -0.1) is 0 Å². The molecule has 3 heterocycles. The molecule has 1 aliphatic rings. The quantitative estimate of drug-likeness (QED) is 0.696. The van der Waals surface area contributed by atoms with Gasteiger partial charge in [0, 0.05) is 23.7 Å². The van der Waals surface area contributed by atoms with Crippen molar-refractivity contribution in [1.29, 1.82) is 0 Å². The molecule has 0 radical (unpaired) electrons. The molecule has 2 aromatic heterocycles. The fourth-order valence-electron chi connectivity index (χ4n) is 4.02. The number of nitrogens with one attached hydrogen (secondary N) is 1. The van der Waals surface area contributed by atoms with Gasteiger partial charge in [-0.1, -0.05) is 13.3 Å². The summed E-state index contributed by atoms with van der Waals surface area (Å²) in [6.45, 7) is 8.62. The average Bonchev–Trinajstić information content (AvgIpc) is 3.17. The van der Waals surface area contributed by atoms with Crippen molar-refractivity contribution in [2.75, 3.05) is 6.61 Å². The number of ether oxygens (including phenoxy) is 2. The molecule has 1 aromatic carbocycles. The molecule has 0 bridgehead atoms. The molecule has 1 N–H and O–H groups in total. The Hall–Kier alpha value is -3.15. The summed E-state index contributed by atoms with van der Waals surface area (Å²) in [4.78, 5) is 16.6. The Morgan fingerprint density at radius 1 is 1.21 bits per heavy atom. The van der Waals surface area contributed by atoms with Crippen LogP contribution in [0.1, 0.15) is 41.3 Å². The topological polar surface area (TPSA) is 77.1 Å². The van der Waals surface area contributed by atoms with Gasteiger partial charge in [0.1, 0.15) is 11.5 Å². The number of nitrogens with zero attached hydrogens (tertiary/aromatic N) is 2.